The second-order valence-corrected chi connectivity index (χ2v) is 4.22. The maximum atomic E-state index is 12.2. The molecule has 94 valence electrons. The summed E-state index contributed by atoms with van der Waals surface area (Å²) in [5.74, 6) is -0.656. The molecule has 0 bridgehead atoms. The summed E-state index contributed by atoms with van der Waals surface area (Å²) >= 11 is 0. The van der Waals surface area contributed by atoms with E-state index < -0.39 is 5.91 Å². The summed E-state index contributed by atoms with van der Waals surface area (Å²) in [7, 11) is 0. The predicted octanol–water partition coefficient (Wildman–Crippen LogP) is 1.10. The predicted molar refractivity (Wildman–Crippen MR) is 65.6 cm³/mol. The molecule has 2 rings (SSSR count). The van der Waals surface area contributed by atoms with E-state index in [0.29, 0.717) is 10.9 Å². The average Bonchev–Trinajstić information content (AvgIpc) is 2.37. The highest BCUT2D eigenvalue weighted by molar-refractivity contribution is 5.97. The molecule has 2 N–H and O–H groups in total. The number of fused-ring (bicyclic) bond motifs is 1. The third kappa shape index (κ3) is 1.98. The topological polar surface area (TPSA) is 84.2 Å². The van der Waals surface area contributed by atoms with Crippen LogP contribution in [0, 0.1) is 0 Å². The van der Waals surface area contributed by atoms with Gasteiger partial charge in [0.15, 0.2) is 0 Å². The molecule has 0 atom stereocenters. The molecule has 0 radical (unpaired) electrons. The molecule has 6 nitrogen and oxygen atoms in total. The molecular weight excluding hydrogens is 234 g/mol. The molecule has 0 unspecified atom stereocenters. The van der Waals surface area contributed by atoms with Gasteiger partial charge in [0.25, 0.3) is 11.5 Å². The first-order valence-electron chi connectivity index (χ1n) is 5.50. The average molecular weight is 247 g/mol. The normalized spacial score (nSPS) is 10.9. The van der Waals surface area contributed by atoms with Gasteiger partial charge in [0.05, 0.1) is 17.2 Å². The Morgan fingerprint density at radius 1 is 1.44 bits per heavy atom. The molecule has 1 aromatic carbocycles. The first kappa shape index (κ1) is 12.3. The van der Waals surface area contributed by atoms with E-state index in [4.69, 9.17) is 5.21 Å². The lowest BCUT2D eigenvalue weighted by Crippen LogP contribution is -2.23. The van der Waals surface area contributed by atoms with Gasteiger partial charge in [-0.3, -0.25) is 19.4 Å². The highest BCUT2D eigenvalue weighted by Crippen LogP contribution is 2.11. The molecule has 0 spiro atoms. The lowest BCUT2D eigenvalue weighted by Gasteiger charge is -2.10. The fourth-order valence-corrected chi connectivity index (χ4v) is 1.71. The van der Waals surface area contributed by atoms with E-state index in [-0.39, 0.29) is 17.2 Å². The van der Waals surface area contributed by atoms with E-state index in [9.17, 15) is 9.59 Å². The van der Waals surface area contributed by atoms with Gasteiger partial charge < -0.3 is 0 Å². The van der Waals surface area contributed by atoms with Gasteiger partial charge in [-0.2, -0.15) is 0 Å². The Balaban J connectivity index is 2.71. The minimum atomic E-state index is -0.656. The molecule has 0 aliphatic heterocycles. The third-order valence-corrected chi connectivity index (χ3v) is 2.70. The summed E-state index contributed by atoms with van der Waals surface area (Å²) < 4.78 is 1.49. The highest BCUT2D eigenvalue weighted by atomic mass is 16.5. The molecule has 6 heteroatoms. The van der Waals surface area contributed by atoms with Gasteiger partial charge in [0, 0.05) is 11.6 Å². The number of hydroxylamine groups is 1. The van der Waals surface area contributed by atoms with Gasteiger partial charge in [-0.25, -0.2) is 10.5 Å². The van der Waals surface area contributed by atoms with E-state index in [0.717, 1.165) is 0 Å². The summed E-state index contributed by atoms with van der Waals surface area (Å²) in [6.07, 6.45) is 1.49. The van der Waals surface area contributed by atoms with Crippen molar-refractivity contribution < 1.29 is 10.0 Å². The number of carbonyl (C=O) groups excluding carboxylic acids is 1. The zero-order chi connectivity index (χ0) is 13.3. The molecule has 0 saturated carbocycles. The zero-order valence-corrected chi connectivity index (χ0v) is 10.0. The van der Waals surface area contributed by atoms with E-state index >= 15 is 0 Å². The van der Waals surface area contributed by atoms with Crippen LogP contribution in [0.5, 0.6) is 0 Å². The van der Waals surface area contributed by atoms with Crippen LogP contribution in [0.1, 0.15) is 30.2 Å². The molecule has 0 saturated heterocycles. The minimum absolute atomic E-state index is 0.00951. The Bertz CT molecular complexity index is 661. The molecule has 0 aliphatic carbocycles. The van der Waals surface area contributed by atoms with Gasteiger partial charge in [-0.15, -0.1) is 0 Å². The Morgan fingerprint density at radius 2 is 2.17 bits per heavy atom. The van der Waals surface area contributed by atoms with Crippen LogP contribution in [0.4, 0.5) is 0 Å². The Kier molecular flexibility index (Phi) is 3.12. The van der Waals surface area contributed by atoms with Crippen LogP contribution in [0.3, 0.4) is 0 Å². The number of hydrogen-bond donors (Lipinski definition) is 2. The zero-order valence-electron chi connectivity index (χ0n) is 10.0. The number of carbonyl (C=O) groups is 1. The summed E-state index contributed by atoms with van der Waals surface area (Å²) in [6, 6.07) is 4.49. The van der Waals surface area contributed by atoms with Crippen LogP contribution in [-0.2, 0) is 0 Å². The molecule has 1 aromatic heterocycles. The first-order valence-corrected chi connectivity index (χ1v) is 5.50. The van der Waals surface area contributed by atoms with Gasteiger partial charge in [-0.1, -0.05) is 0 Å². The third-order valence-electron chi connectivity index (χ3n) is 2.70. The lowest BCUT2D eigenvalue weighted by atomic mass is 10.1. The van der Waals surface area contributed by atoms with E-state index in [1.165, 1.54) is 28.5 Å². The minimum Gasteiger partial charge on any atom is -0.296 e. The SMILES string of the molecule is CC(C)n1cnc2ccc(C(=O)NO)cc2c1=O. The van der Waals surface area contributed by atoms with Gasteiger partial charge >= 0.3 is 0 Å². The summed E-state index contributed by atoms with van der Waals surface area (Å²) in [5, 5.41) is 8.93. The van der Waals surface area contributed by atoms with Crippen molar-refractivity contribution in [1.29, 1.82) is 0 Å². The van der Waals surface area contributed by atoms with Crippen molar-refractivity contribution in [2.24, 2.45) is 0 Å². The Hall–Kier alpha value is -2.21. The van der Waals surface area contributed by atoms with Crippen molar-refractivity contribution in [1.82, 2.24) is 15.0 Å². The molecule has 2 aromatic rings. The molecule has 18 heavy (non-hydrogen) atoms. The number of benzene rings is 1. The Labute approximate surface area is 103 Å². The first-order chi connectivity index (χ1) is 8.54. The molecule has 0 aliphatic rings. The van der Waals surface area contributed by atoms with Crippen molar-refractivity contribution in [3.8, 4) is 0 Å². The van der Waals surface area contributed by atoms with Crippen LogP contribution < -0.4 is 11.0 Å². The molecule has 0 fully saturated rings. The summed E-state index contributed by atoms with van der Waals surface area (Å²) in [4.78, 5) is 27.6. The molecule has 1 amide bonds. The maximum Gasteiger partial charge on any atom is 0.274 e. The number of nitrogens with one attached hydrogen (secondary N) is 1. The molecular formula is C12H13N3O3. The van der Waals surface area contributed by atoms with Gasteiger partial charge in [0.1, 0.15) is 0 Å². The van der Waals surface area contributed by atoms with Gasteiger partial charge in [0.2, 0.25) is 0 Å². The monoisotopic (exact) mass is 247 g/mol. The number of rotatable bonds is 2. The van der Waals surface area contributed by atoms with Crippen LogP contribution >= 0.6 is 0 Å². The largest absolute Gasteiger partial charge is 0.296 e. The second kappa shape index (κ2) is 4.58. The fourth-order valence-electron chi connectivity index (χ4n) is 1.71. The fraction of sp³-hybridized carbons (Fsp3) is 0.250. The smallest absolute Gasteiger partial charge is 0.274 e. The number of aromatic nitrogens is 2. The van der Waals surface area contributed by atoms with Crippen LogP contribution in [0.15, 0.2) is 29.3 Å². The van der Waals surface area contributed by atoms with Crippen molar-refractivity contribution in [2.45, 2.75) is 19.9 Å². The van der Waals surface area contributed by atoms with E-state index in [1.54, 1.807) is 6.07 Å². The maximum absolute atomic E-state index is 12.2. The number of nitrogens with zero attached hydrogens (tertiary/aromatic N) is 2. The van der Waals surface area contributed by atoms with Crippen molar-refractivity contribution >= 4 is 16.8 Å². The molecule has 1 heterocycles. The second-order valence-electron chi connectivity index (χ2n) is 4.22. The van der Waals surface area contributed by atoms with Crippen LogP contribution in [-0.4, -0.2) is 20.7 Å². The standard InChI is InChI=1S/C12H13N3O3/c1-7(2)15-6-13-10-4-3-8(11(16)14-18)5-9(10)12(15)17/h3-7,18H,1-2H3,(H,14,16). The summed E-state index contributed by atoms with van der Waals surface area (Å²) in [5.41, 5.74) is 2.06. The van der Waals surface area contributed by atoms with Crippen LogP contribution in [0.25, 0.3) is 10.9 Å². The number of amides is 1. The van der Waals surface area contributed by atoms with E-state index in [1.807, 2.05) is 13.8 Å². The summed E-state index contributed by atoms with van der Waals surface area (Å²) in [6.45, 7) is 3.75. The Morgan fingerprint density at radius 3 is 2.78 bits per heavy atom. The van der Waals surface area contributed by atoms with Gasteiger partial charge in [-0.05, 0) is 32.0 Å². The van der Waals surface area contributed by atoms with Crippen molar-refractivity contribution in [3.05, 3.63) is 40.4 Å². The van der Waals surface area contributed by atoms with Crippen molar-refractivity contribution in [3.63, 3.8) is 0 Å². The quantitative estimate of drug-likeness (QED) is 0.614. The van der Waals surface area contributed by atoms with E-state index in [2.05, 4.69) is 4.98 Å². The highest BCUT2D eigenvalue weighted by Gasteiger charge is 2.10. The van der Waals surface area contributed by atoms with Crippen LogP contribution in [0.2, 0.25) is 0 Å². The lowest BCUT2D eigenvalue weighted by molar-refractivity contribution is 0.0706. The number of hydrogen-bond acceptors (Lipinski definition) is 4. The van der Waals surface area contributed by atoms with Crippen molar-refractivity contribution in [2.75, 3.05) is 0 Å².